The van der Waals surface area contributed by atoms with E-state index >= 15 is 0 Å². The van der Waals surface area contributed by atoms with Crippen molar-refractivity contribution in [3.05, 3.63) is 28.5 Å². The summed E-state index contributed by atoms with van der Waals surface area (Å²) in [7, 11) is 0. The van der Waals surface area contributed by atoms with Crippen LogP contribution in [0.4, 0.5) is 0 Å². The molecule has 80 valence electrons. The molecule has 1 aromatic heterocycles. The fraction of sp³-hybridized carbons (Fsp3) is 0.455. The number of hydrogen-bond donors (Lipinski definition) is 1. The minimum atomic E-state index is -0.714. The first-order chi connectivity index (χ1) is 6.96. The van der Waals surface area contributed by atoms with Crippen LogP contribution in [0.2, 0.25) is 0 Å². The summed E-state index contributed by atoms with van der Waals surface area (Å²) in [5.74, 6) is -0.905. The van der Waals surface area contributed by atoms with Gasteiger partial charge in [-0.15, -0.1) is 0 Å². The van der Waals surface area contributed by atoms with Crippen LogP contribution in [0.3, 0.4) is 0 Å². The zero-order valence-corrected chi connectivity index (χ0v) is 10.2. The number of nitrogens with zero attached hydrogens (tertiary/aromatic N) is 1. The molecule has 1 saturated carbocycles. The number of carboxylic acids is 1. The van der Waals surface area contributed by atoms with E-state index in [1.807, 2.05) is 19.9 Å². The summed E-state index contributed by atoms with van der Waals surface area (Å²) in [6, 6.07) is 1.89. The van der Waals surface area contributed by atoms with E-state index in [2.05, 4.69) is 20.9 Å². The molecule has 0 saturated heterocycles. The first-order valence-electron chi connectivity index (χ1n) is 4.78. The van der Waals surface area contributed by atoms with Gasteiger partial charge in [-0.05, 0) is 33.0 Å². The molecule has 0 aromatic carbocycles. The van der Waals surface area contributed by atoms with Crippen molar-refractivity contribution in [3.8, 4) is 0 Å². The molecule has 1 aliphatic rings. The number of rotatable bonds is 2. The Kier molecular flexibility index (Phi) is 2.34. The van der Waals surface area contributed by atoms with Crippen LogP contribution in [0.25, 0.3) is 0 Å². The topological polar surface area (TPSA) is 50.2 Å². The Morgan fingerprint density at radius 2 is 2.27 bits per heavy atom. The number of hydrogen-bond acceptors (Lipinski definition) is 2. The highest BCUT2D eigenvalue weighted by molar-refractivity contribution is 9.10. The quantitative estimate of drug-likeness (QED) is 0.898. The van der Waals surface area contributed by atoms with E-state index < -0.39 is 5.97 Å². The minimum absolute atomic E-state index is 0.0902. The summed E-state index contributed by atoms with van der Waals surface area (Å²) in [6.07, 6.45) is 3.41. The number of aliphatic carboxylic acids is 1. The number of carbonyl (C=O) groups is 1. The van der Waals surface area contributed by atoms with Crippen LogP contribution >= 0.6 is 15.9 Å². The molecule has 2 atom stereocenters. The standard InChI is InChI=1S/C11H12BrNO2/c1-11(2)8(9(11)10(14)15)6-3-4-13-5-7(6)12/h3-5,8-9H,1-2H3,(H,14,15)/t8-,9+/m1/s1. The van der Waals surface area contributed by atoms with Gasteiger partial charge in [0, 0.05) is 22.8 Å². The molecule has 0 spiro atoms. The molecule has 1 aliphatic carbocycles. The lowest BCUT2D eigenvalue weighted by atomic mass is 10.0. The maximum atomic E-state index is 11.0. The molecule has 0 unspecified atom stereocenters. The largest absolute Gasteiger partial charge is 0.481 e. The van der Waals surface area contributed by atoms with Crippen molar-refractivity contribution in [2.75, 3.05) is 0 Å². The van der Waals surface area contributed by atoms with Crippen molar-refractivity contribution in [1.82, 2.24) is 4.98 Å². The fourth-order valence-corrected chi connectivity index (χ4v) is 2.81. The lowest BCUT2D eigenvalue weighted by Crippen LogP contribution is -2.03. The Labute approximate surface area is 96.7 Å². The highest BCUT2D eigenvalue weighted by Gasteiger charge is 2.63. The first kappa shape index (κ1) is 10.6. The third kappa shape index (κ3) is 1.57. The van der Waals surface area contributed by atoms with E-state index in [1.165, 1.54) is 0 Å². The molecule has 1 fully saturated rings. The second-order valence-electron chi connectivity index (χ2n) is 4.51. The second kappa shape index (κ2) is 3.30. The number of aromatic nitrogens is 1. The molecule has 0 radical (unpaired) electrons. The maximum Gasteiger partial charge on any atom is 0.307 e. The summed E-state index contributed by atoms with van der Waals surface area (Å²) >= 11 is 3.41. The Morgan fingerprint density at radius 1 is 1.60 bits per heavy atom. The normalized spacial score (nSPS) is 27.4. The van der Waals surface area contributed by atoms with E-state index in [0.29, 0.717) is 0 Å². The van der Waals surface area contributed by atoms with E-state index in [-0.39, 0.29) is 17.3 Å². The van der Waals surface area contributed by atoms with Gasteiger partial charge in [0.05, 0.1) is 5.92 Å². The second-order valence-corrected chi connectivity index (χ2v) is 5.37. The predicted molar refractivity (Wildman–Crippen MR) is 59.6 cm³/mol. The van der Waals surface area contributed by atoms with Gasteiger partial charge in [-0.25, -0.2) is 0 Å². The molecule has 1 N–H and O–H groups in total. The van der Waals surface area contributed by atoms with Crippen molar-refractivity contribution >= 4 is 21.9 Å². The maximum absolute atomic E-state index is 11.0. The van der Waals surface area contributed by atoms with E-state index in [9.17, 15) is 4.79 Å². The van der Waals surface area contributed by atoms with Gasteiger partial charge >= 0.3 is 5.97 Å². The Hall–Kier alpha value is -0.900. The van der Waals surface area contributed by atoms with Crippen LogP contribution in [0.5, 0.6) is 0 Å². The molecule has 0 bridgehead atoms. The molecule has 0 aliphatic heterocycles. The average Bonchev–Trinajstić information content (AvgIpc) is 2.70. The highest BCUT2D eigenvalue weighted by Crippen LogP contribution is 2.65. The van der Waals surface area contributed by atoms with Gasteiger partial charge in [-0.3, -0.25) is 9.78 Å². The molecular weight excluding hydrogens is 258 g/mol. The smallest absolute Gasteiger partial charge is 0.307 e. The van der Waals surface area contributed by atoms with Crippen molar-refractivity contribution in [1.29, 1.82) is 0 Å². The van der Waals surface area contributed by atoms with Crippen LogP contribution in [0.1, 0.15) is 25.3 Å². The van der Waals surface area contributed by atoms with Crippen molar-refractivity contribution in [2.24, 2.45) is 11.3 Å². The highest BCUT2D eigenvalue weighted by atomic mass is 79.9. The zero-order chi connectivity index (χ0) is 11.2. The van der Waals surface area contributed by atoms with Gasteiger partial charge < -0.3 is 5.11 Å². The zero-order valence-electron chi connectivity index (χ0n) is 8.57. The summed E-state index contributed by atoms with van der Waals surface area (Å²) < 4.78 is 0.895. The van der Waals surface area contributed by atoms with Crippen LogP contribution in [0.15, 0.2) is 22.9 Å². The molecule has 4 heteroatoms. The Morgan fingerprint density at radius 3 is 2.73 bits per heavy atom. The minimum Gasteiger partial charge on any atom is -0.481 e. The molecule has 1 heterocycles. The third-order valence-electron chi connectivity index (χ3n) is 3.23. The molecule has 3 nitrogen and oxygen atoms in total. The Bertz CT molecular complexity index is 417. The fourth-order valence-electron chi connectivity index (χ4n) is 2.32. The van der Waals surface area contributed by atoms with Gasteiger partial charge in [0.25, 0.3) is 0 Å². The third-order valence-corrected chi connectivity index (χ3v) is 3.89. The van der Waals surface area contributed by atoms with Crippen molar-refractivity contribution < 1.29 is 9.90 Å². The van der Waals surface area contributed by atoms with Crippen LogP contribution in [-0.2, 0) is 4.79 Å². The van der Waals surface area contributed by atoms with Gasteiger partial charge in [0.2, 0.25) is 0 Å². The number of halogens is 1. The van der Waals surface area contributed by atoms with Gasteiger partial charge in [-0.1, -0.05) is 13.8 Å². The number of pyridine rings is 1. The monoisotopic (exact) mass is 269 g/mol. The molecule has 2 rings (SSSR count). The summed E-state index contributed by atoms with van der Waals surface area (Å²) in [4.78, 5) is 15.0. The van der Waals surface area contributed by atoms with E-state index in [4.69, 9.17) is 5.11 Å². The summed E-state index contributed by atoms with van der Waals surface area (Å²) in [5, 5.41) is 9.08. The van der Waals surface area contributed by atoms with Gasteiger partial charge in [-0.2, -0.15) is 0 Å². The molecule has 15 heavy (non-hydrogen) atoms. The van der Waals surface area contributed by atoms with E-state index in [1.54, 1.807) is 12.4 Å². The van der Waals surface area contributed by atoms with Crippen molar-refractivity contribution in [3.63, 3.8) is 0 Å². The van der Waals surface area contributed by atoms with Crippen LogP contribution in [-0.4, -0.2) is 16.1 Å². The SMILES string of the molecule is CC1(C)[C@H](C(=O)O)[C@H]1c1ccncc1Br. The molecule has 0 amide bonds. The van der Waals surface area contributed by atoms with Crippen LogP contribution in [0, 0.1) is 11.3 Å². The van der Waals surface area contributed by atoms with Gasteiger partial charge in [0.1, 0.15) is 0 Å². The first-order valence-corrected chi connectivity index (χ1v) is 5.57. The lowest BCUT2D eigenvalue weighted by Gasteiger charge is -2.04. The average molecular weight is 270 g/mol. The predicted octanol–water partition coefficient (Wildman–Crippen LogP) is 2.67. The number of carboxylic acid groups (broad SMARTS) is 1. The molecule has 1 aromatic rings. The summed E-state index contributed by atoms with van der Waals surface area (Å²) in [5.41, 5.74) is 0.887. The van der Waals surface area contributed by atoms with Crippen molar-refractivity contribution in [2.45, 2.75) is 19.8 Å². The Balaban J connectivity index is 2.36. The molecular formula is C11H12BrNO2. The van der Waals surface area contributed by atoms with E-state index in [0.717, 1.165) is 10.0 Å². The van der Waals surface area contributed by atoms with Crippen LogP contribution < -0.4 is 0 Å². The summed E-state index contributed by atoms with van der Waals surface area (Å²) in [6.45, 7) is 3.98. The lowest BCUT2D eigenvalue weighted by molar-refractivity contribution is -0.139. The van der Waals surface area contributed by atoms with Gasteiger partial charge in [0.15, 0.2) is 0 Å².